The first-order valence-corrected chi connectivity index (χ1v) is 7.95. The number of nitrogens with one attached hydrogen (secondary N) is 1. The van der Waals surface area contributed by atoms with Crippen molar-refractivity contribution in [3.05, 3.63) is 29.3 Å². The van der Waals surface area contributed by atoms with Crippen molar-refractivity contribution in [3.8, 4) is 5.75 Å². The molecule has 0 aromatic heterocycles. The van der Waals surface area contributed by atoms with Crippen LogP contribution in [0.1, 0.15) is 43.9 Å². The number of fused-ring (bicyclic) bond motifs is 1. The lowest BCUT2D eigenvalue weighted by Crippen LogP contribution is -2.34. The summed E-state index contributed by atoms with van der Waals surface area (Å²) in [6, 6.07) is 6.65. The molecular weight excluding hydrogens is 266 g/mol. The summed E-state index contributed by atoms with van der Waals surface area (Å²) in [4.78, 5) is 0. The summed E-state index contributed by atoms with van der Waals surface area (Å²) in [5.74, 6) is 1.04. The molecule has 1 N–H and O–H groups in total. The van der Waals surface area contributed by atoms with Gasteiger partial charge in [0.05, 0.1) is 6.61 Å². The number of rotatable bonds is 7. The Labute approximate surface area is 127 Å². The van der Waals surface area contributed by atoms with Crippen LogP contribution in [0.4, 0.5) is 0 Å². The zero-order chi connectivity index (χ0) is 15.1. The summed E-state index contributed by atoms with van der Waals surface area (Å²) < 4.78 is 17.1. The molecule has 0 aliphatic carbocycles. The van der Waals surface area contributed by atoms with Crippen molar-refractivity contribution < 1.29 is 14.2 Å². The minimum absolute atomic E-state index is 0.183. The molecule has 1 atom stereocenters. The molecule has 0 radical (unpaired) electrons. The van der Waals surface area contributed by atoms with Crippen molar-refractivity contribution in [2.24, 2.45) is 0 Å². The summed E-state index contributed by atoms with van der Waals surface area (Å²) in [5, 5.41) is 3.58. The zero-order valence-corrected chi connectivity index (χ0v) is 13.4. The summed E-state index contributed by atoms with van der Waals surface area (Å²) in [6.07, 6.45) is 1.94. The molecular formula is C17H27NO3. The molecule has 1 heterocycles. The van der Waals surface area contributed by atoms with E-state index in [1.807, 2.05) is 13.8 Å². The fourth-order valence-electron chi connectivity index (χ4n) is 2.75. The Bertz CT molecular complexity index is 430. The number of para-hydroxylation sites is 1. The molecule has 0 amide bonds. The van der Waals surface area contributed by atoms with Crippen LogP contribution in [-0.2, 0) is 9.47 Å². The molecule has 0 fully saturated rings. The topological polar surface area (TPSA) is 39.7 Å². The fourth-order valence-corrected chi connectivity index (χ4v) is 2.75. The van der Waals surface area contributed by atoms with Gasteiger partial charge in [0.15, 0.2) is 6.29 Å². The van der Waals surface area contributed by atoms with Gasteiger partial charge in [-0.05, 0) is 39.2 Å². The highest BCUT2D eigenvalue weighted by Crippen LogP contribution is 2.33. The predicted molar refractivity (Wildman–Crippen MR) is 83.7 cm³/mol. The minimum atomic E-state index is -0.183. The Balaban J connectivity index is 2.04. The Kier molecular flexibility index (Phi) is 6.49. The molecule has 21 heavy (non-hydrogen) atoms. The van der Waals surface area contributed by atoms with Gasteiger partial charge in [0.2, 0.25) is 0 Å². The summed E-state index contributed by atoms with van der Waals surface area (Å²) in [5.41, 5.74) is 2.45. The first-order chi connectivity index (χ1) is 10.3. The number of hydrogen-bond acceptors (Lipinski definition) is 4. The smallest absolute Gasteiger partial charge is 0.169 e. The highest BCUT2D eigenvalue weighted by Gasteiger charge is 2.21. The normalized spacial score (nSPS) is 18.2. The lowest BCUT2D eigenvalue weighted by Gasteiger charge is -2.23. The van der Waals surface area contributed by atoms with E-state index in [4.69, 9.17) is 14.2 Å². The monoisotopic (exact) mass is 293 g/mol. The molecule has 1 unspecified atom stereocenters. The predicted octanol–water partition coefficient (Wildman–Crippen LogP) is 3.20. The van der Waals surface area contributed by atoms with E-state index in [0.29, 0.717) is 25.8 Å². The SMILES string of the molecule is CCOC(CNC1CCCOc2c(C)cccc21)OCC. The lowest BCUT2D eigenvalue weighted by molar-refractivity contribution is -0.133. The molecule has 2 rings (SSSR count). The molecule has 0 saturated carbocycles. The lowest BCUT2D eigenvalue weighted by atomic mass is 10.00. The molecule has 4 heteroatoms. The third-order valence-electron chi connectivity index (χ3n) is 3.74. The highest BCUT2D eigenvalue weighted by atomic mass is 16.7. The first-order valence-electron chi connectivity index (χ1n) is 7.95. The van der Waals surface area contributed by atoms with Gasteiger partial charge in [-0.15, -0.1) is 0 Å². The second kappa shape index (κ2) is 8.37. The second-order valence-electron chi connectivity index (χ2n) is 5.29. The van der Waals surface area contributed by atoms with Gasteiger partial charge in [-0.2, -0.15) is 0 Å². The van der Waals surface area contributed by atoms with E-state index in [-0.39, 0.29) is 6.29 Å². The van der Waals surface area contributed by atoms with Crippen molar-refractivity contribution in [3.63, 3.8) is 0 Å². The van der Waals surface area contributed by atoms with Crippen molar-refractivity contribution in [2.75, 3.05) is 26.4 Å². The van der Waals surface area contributed by atoms with E-state index < -0.39 is 0 Å². The fraction of sp³-hybridized carbons (Fsp3) is 0.647. The molecule has 0 spiro atoms. The van der Waals surface area contributed by atoms with Crippen molar-refractivity contribution in [1.29, 1.82) is 0 Å². The van der Waals surface area contributed by atoms with Crippen LogP contribution in [0.25, 0.3) is 0 Å². The molecule has 0 bridgehead atoms. The Morgan fingerprint density at radius 1 is 1.29 bits per heavy atom. The number of benzene rings is 1. The van der Waals surface area contributed by atoms with Crippen molar-refractivity contribution >= 4 is 0 Å². The number of aryl methyl sites for hydroxylation is 1. The molecule has 4 nitrogen and oxygen atoms in total. The summed E-state index contributed by atoms with van der Waals surface area (Å²) in [6.45, 7) is 8.89. The standard InChI is InChI=1S/C17H27NO3/c1-4-19-16(20-5-2)12-18-15-10-7-11-21-17-13(3)8-6-9-14(15)17/h6,8-9,15-16,18H,4-5,7,10-12H2,1-3H3. The number of hydrogen-bond donors (Lipinski definition) is 1. The average Bonchev–Trinajstić information content (AvgIpc) is 2.69. The first kappa shape index (κ1) is 16.3. The van der Waals surface area contributed by atoms with Crippen LogP contribution in [0.3, 0.4) is 0 Å². The van der Waals surface area contributed by atoms with Gasteiger partial charge in [-0.25, -0.2) is 0 Å². The number of ether oxygens (including phenoxy) is 3. The van der Waals surface area contributed by atoms with Crippen LogP contribution in [-0.4, -0.2) is 32.7 Å². The third-order valence-corrected chi connectivity index (χ3v) is 3.74. The van der Waals surface area contributed by atoms with Crippen LogP contribution >= 0.6 is 0 Å². The Hall–Kier alpha value is -1.10. The highest BCUT2D eigenvalue weighted by molar-refractivity contribution is 5.43. The quantitative estimate of drug-likeness (QED) is 0.784. The van der Waals surface area contributed by atoms with E-state index in [2.05, 4.69) is 30.4 Å². The van der Waals surface area contributed by atoms with Crippen LogP contribution in [0.2, 0.25) is 0 Å². The van der Waals surface area contributed by atoms with Crippen LogP contribution < -0.4 is 10.1 Å². The average molecular weight is 293 g/mol. The molecule has 0 saturated heterocycles. The van der Waals surface area contributed by atoms with Crippen LogP contribution in [0.5, 0.6) is 5.75 Å². The Morgan fingerprint density at radius 2 is 2.05 bits per heavy atom. The van der Waals surface area contributed by atoms with Crippen LogP contribution in [0, 0.1) is 6.92 Å². The maximum Gasteiger partial charge on any atom is 0.169 e. The van der Waals surface area contributed by atoms with Gasteiger partial charge in [-0.3, -0.25) is 0 Å². The van der Waals surface area contributed by atoms with Crippen molar-refractivity contribution in [2.45, 2.75) is 45.9 Å². The molecule has 1 aromatic rings. The maximum absolute atomic E-state index is 5.91. The molecule has 1 aliphatic heterocycles. The minimum Gasteiger partial charge on any atom is -0.493 e. The largest absolute Gasteiger partial charge is 0.493 e. The van der Waals surface area contributed by atoms with Gasteiger partial charge in [0.1, 0.15) is 5.75 Å². The van der Waals surface area contributed by atoms with Gasteiger partial charge >= 0.3 is 0 Å². The summed E-state index contributed by atoms with van der Waals surface area (Å²) >= 11 is 0. The maximum atomic E-state index is 5.91. The molecule has 1 aliphatic rings. The molecule has 118 valence electrons. The second-order valence-corrected chi connectivity index (χ2v) is 5.29. The zero-order valence-electron chi connectivity index (χ0n) is 13.4. The van der Waals surface area contributed by atoms with Gasteiger partial charge < -0.3 is 19.5 Å². The van der Waals surface area contributed by atoms with E-state index in [0.717, 1.165) is 25.2 Å². The van der Waals surface area contributed by atoms with Gasteiger partial charge in [0, 0.05) is 31.4 Å². The van der Waals surface area contributed by atoms with E-state index in [1.165, 1.54) is 11.1 Å². The third kappa shape index (κ3) is 4.43. The van der Waals surface area contributed by atoms with E-state index in [9.17, 15) is 0 Å². The summed E-state index contributed by atoms with van der Waals surface area (Å²) in [7, 11) is 0. The van der Waals surface area contributed by atoms with Crippen LogP contribution in [0.15, 0.2) is 18.2 Å². The van der Waals surface area contributed by atoms with E-state index >= 15 is 0 Å². The Morgan fingerprint density at radius 3 is 2.76 bits per heavy atom. The van der Waals surface area contributed by atoms with E-state index in [1.54, 1.807) is 0 Å². The van der Waals surface area contributed by atoms with Gasteiger partial charge in [-0.1, -0.05) is 18.2 Å². The van der Waals surface area contributed by atoms with Gasteiger partial charge in [0.25, 0.3) is 0 Å². The molecule has 1 aromatic carbocycles. The van der Waals surface area contributed by atoms with Crippen molar-refractivity contribution in [1.82, 2.24) is 5.32 Å².